The van der Waals surface area contributed by atoms with E-state index < -0.39 is 10.0 Å². The lowest BCUT2D eigenvalue weighted by Gasteiger charge is -2.10. The molecule has 18 heavy (non-hydrogen) atoms. The number of hydrogen-bond donors (Lipinski definition) is 2. The maximum absolute atomic E-state index is 12.1. The van der Waals surface area contributed by atoms with Gasteiger partial charge in [-0.3, -0.25) is 4.72 Å². The molecule has 0 atom stereocenters. The van der Waals surface area contributed by atoms with Crippen molar-refractivity contribution in [2.24, 2.45) is 0 Å². The molecule has 0 radical (unpaired) electrons. The lowest BCUT2D eigenvalue weighted by Crippen LogP contribution is -2.12. The summed E-state index contributed by atoms with van der Waals surface area (Å²) < 4.78 is 27.1. The van der Waals surface area contributed by atoms with Gasteiger partial charge in [-0.2, -0.15) is 0 Å². The molecule has 0 unspecified atom stereocenters. The largest absolute Gasteiger partial charge is 0.398 e. The first kappa shape index (κ1) is 12.9. The third kappa shape index (κ3) is 2.65. The van der Waals surface area contributed by atoms with Gasteiger partial charge < -0.3 is 5.73 Å². The number of aryl methyl sites for hydroxylation is 1. The molecule has 0 bridgehead atoms. The number of para-hydroxylation sites is 1. The maximum atomic E-state index is 12.1. The summed E-state index contributed by atoms with van der Waals surface area (Å²) in [5.41, 5.74) is 7.59. The molecule has 96 valence electrons. The molecule has 1 aromatic carbocycles. The summed E-state index contributed by atoms with van der Waals surface area (Å²) in [6.45, 7) is 1.98. The van der Waals surface area contributed by atoms with Gasteiger partial charge in [-0.1, -0.05) is 25.1 Å². The van der Waals surface area contributed by atoms with Crippen molar-refractivity contribution in [3.8, 4) is 0 Å². The normalized spacial score (nSPS) is 11.4. The third-order valence-electron chi connectivity index (χ3n) is 2.50. The monoisotopic (exact) mass is 282 g/mol. The highest BCUT2D eigenvalue weighted by Gasteiger charge is 2.17. The van der Waals surface area contributed by atoms with Crippen LogP contribution in [0, 0.1) is 0 Å². The molecule has 2 aromatic rings. The minimum absolute atomic E-state index is 0.228. The van der Waals surface area contributed by atoms with Crippen LogP contribution >= 0.6 is 11.3 Å². The molecule has 0 amide bonds. The molecule has 0 aliphatic heterocycles. The number of rotatable bonds is 4. The van der Waals surface area contributed by atoms with Gasteiger partial charge in [0.15, 0.2) is 0 Å². The fourth-order valence-electron chi connectivity index (χ4n) is 1.59. The lowest BCUT2D eigenvalue weighted by molar-refractivity contribution is 0.603. The van der Waals surface area contributed by atoms with E-state index in [9.17, 15) is 8.42 Å². The number of sulfonamides is 1. The summed E-state index contributed by atoms with van der Waals surface area (Å²) in [7, 11) is -3.54. The van der Waals surface area contributed by atoms with Crippen molar-refractivity contribution in [2.75, 3.05) is 10.5 Å². The van der Waals surface area contributed by atoms with E-state index in [-0.39, 0.29) is 4.21 Å². The molecule has 6 heteroatoms. The van der Waals surface area contributed by atoms with Gasteiger partial charge in [-0.25, -0.2) is 8.42 Å². The van der Waals surface area contributed by atoms with Gasteiger partial charge in [0, 0.05) is 11.1 Å². The Morgan fingerprint density at radius 3 is 2.67 bits per heavy atom. The highest BCUT2D eigenvalue weighted by Crippen LogP contribution is 2.25. The molecule has 4 nitrogen and oxygen atoms in total. The van der Waals surface area contributed by atoms with Gasteiger partial charge >= 0.3 is 0 Å². The number of nitrogens with two attached hydrogens (primary N) is 1. The third-order valence-corrected chi connectivity index (χ3v) is 5.33. The van der Waals surface area contributed by atoms with Crippen molar-refractivity contribution in [1.82, 2.24) is 0 Å². The van der Waals surface area contributed by atoms with E-state index in [1.807, 2.05) is 19.1 Å². The summed E-state index contributed by atoms with van der Waals surface area (Å²) in [4.78, 5) is 0. The average molecular weight is 282 g/mol. The van der Waals surface area contributed by atoms with Gasteiger partial charge in [0.1, 0.15) is 4.21 Å². The molecule has 1 heterocycles. The van der Waals surface area contributed by atoms with Crippen molar-refractivity contribution < 1.29 is 8.42 Å². The zero-order valence-corrected chi connectivity index (χ0v) is 11.5. The molecule has 0 aliphatic carbocycles. The summed E-state index contributed by atoms with van der Waals surface area (Å²) >= 11 is 1.11. The quantitative estimate of drug-likeness (QED) is 0.905. The van der Waals surface area contributed by atoms with E-state index >= 15 is 0 Å². The highest BCUT2D eigenvalue weighted by atomic mass is 32.2. The van der Waals surface area contributed by atoms with Crippen LogP contribution in [0.3, 0.4) is 0 Å². The number of hydrogen-bond acceptors (Lipinski definition) is 4. The zero-order chi connectivity index (χ0) is 13.2. The predicted octanol–water partition coefficient (Wildman–Crippen LogP) is 2.69. The standard InChI is InChI=1S/C12H14N2O2S2/c1-2-9-5-3-4-6-11(9)14-18(15,16)12-7-10(13)8-17-12/h3-8,14H,2,13H2,1H3. The Balaban J connectivity index is 2.33. The van der Waals surface area contributed by atoms with E-state index in [1.54, 1.807) is 17.5 Å². The van der Waals surface area contributed by atoms with Crippen molar-refractivity contribution >= 4 is 32.7 Å². The Labute approximate surface area is 111 Å². The topological polar surface area (TPSA) is 72.2 Å². The van der Waals surface area contributed by atoms with Crippen LogP contribution in [-0.2, 0) is 16.4 Å². The Morgan fingerprint density at radius 1 is 1.33 bits per heavy atom. The number of benzene rings is 1. The van der Waals surface area contributed by atoms with E-state index in [4.69, 9.17) is 5.73 Å². The molecule has 3 N–H and O–H groups in total. The Bertz CT molecular complexity index is 648. The fraction of sp³-hybridized carbons (Fsp3) is 0.167. The SMILES string of the molecule is CCc1ccccc1NS(=O)(=O)c1cc(N)cs1. The second-order valence-electron chi connectivity index (χ2n) is 3.82. The van der Waals surface area contributed by atoms with E-state index in [0.717, 1.165) is 23.3 Å². The minimum atomic E-state index is -3.54. The number of thiophene rings is 1. The second kappa shape index (κ2) is 4.99. The summed E-state index contributed by atoms with van der Waals surface area (Å²) in [5.74, 6) is 0. The van der Waals surface area contributed by atoms with Gasteiger partial charge in [0.05, 0.1) is 5.69 Å². The molecule has 0 spiro atoms. The summed E-state index contributed by atoms with van der Waals surface area (Å²) in [6, 6.07) is 8.81. The Hall–Kier alpha value is -1.53. The fourth-order valence-corrected chi connectivity index (χ4v) is 3.78. The highest BCUT2D eigenvalue weighted by molar-refractivity contribution is 7.94. The minimum Gasteiger partial charge on any atom is -0.398 e. The van der Waals surface area contributed by atoms with Gasteiger partial charge in [0.2, 0.25) is 0 Å². The van der Waals surface area contributed by atoms with Crippen molar-refractivity contribution in [2.45, 2.75) is 17.6 Å². The van der Waals surface area contributed by atoms with Crippen LogP contribution in [0.2, 0.25) is 0 Å². The van der Waals surface area contributed by atoms with E-state index in [0.29, 0.717) is 11.4 Å². The lowest BCUT2D eigenvalue weighted by atomic mass is 10.1. The van der Waals surface area contributed by atoms with Crippen LogP contribution in [-0.4, -0.2) is 8.42 Å². The van der Waals surface area contributed by atoms with Crippen LogP contribution < -0.4 is 10.5 Å². The molecular weight excluding hydrogens is 268 g/mol. The Kier molecular flexibility index (Phi) is 3.58. The predicted molar refractivity (Wildman–Crippen MR) is 75.4 cm³/mol. The molecular formula is C12H14N2O2S2. The van der Waals surface area contributed by atoms with Crippen LogP contribution in [0.15, 0.2) is 39.9 Å². The molecule has 0 saturated heterocycles. The van der Waals surface area contributed by atoms with Gasteiger partial charge in [-0.15, -0.1) is 11.3 Å². The van der Waals surface area contributed by atoms with E-state index in [1.165, 1.54) is 6.07 Å². The smallest absolute Gasteiger partial charge is 0.271 e. The first-order valence-electron chi connectivity index (χ1n) is 5.47. The molecule has 0 saturated carbocycles. The van der Waals surface area contributed by atoms with Crippen molar-refractivity contribution in [3.05, 3.63) is 41.3 Å². The summed E-state index contributed by atoms with van der Waals surface area (Å²) in [6.07, 6.45) is 0.769. The van der Waals surface area contributed by atoms with Gasteiger partial charge in [0.25, 0.3) is 10.0 Å². The summed E-state index contributed by atoms with van der Waals surface area (Å²) in [5, 5.41) is 1.61. The number of anilines is 2. The molecule has 0 aliphatic rings. The van der Waals surface area contributed by atoms with E-state index in [2.05, 4.69) is 4.72 Å². The van der Waals surface area contributed by atoms with Crippen LogP contribution in [0.25, 0.3) is 0 Å². The first-order chi connectivity index (χ1) is 8.53. The Morgan fingerprint density at radius 2 is 2.06 bits per heavy atom. The van der Waals surface area contributed by atoms with Crippen molar-refractivity contribution in [3.63, 3.8) is 0 Å². The van der Waals surface area contributed by atoms with Crippen LogP contribution in [0.4, 0.5) is 11.4 Å². The van der Waals surface area contributed by atoms with Crippen molar-refractivity contribution in [1.29, 1.82) is 0 Å². The molecule has 1 aromatic heterocycles. The number of nitrogen functional groups attached to an aromatic ring is 1. The maximum Gasteiger partial charge on any atom is 0.271 e. The first-order valence-corrected chi connectivity index (χ1v) is 7.84. The van der Waals surface area contributed by atoms with Crippen LogP contribution in [0.1, 0.15) is 12.5 Å². The van der Waals surface area contributed by atoms with Gasteiger partial charge in [-0.05, 0) is 24.1 Å². The molecule has 0 fully saturated rings. The zero-order valence-electron chi connectivity index (χ0n) is 9.88. The molecule has 2 rings (SSSR count). The second-order valence-corrected chi connectivity index (χ2v) is 6.64. The number of nitrogens with one attached hydrogen (secondary N) is 1. The average Bonchev–Trinajstić information content (AvgIpc) is 2.77. The van der Waals surface area contributed by atoms with Crippen LogP contribution in [0.5, 0.6) is 0 Å².